The Morgan fingerprint density at radius 2 is 1.81 bits per heavy atom. The van der Waals surface area contributed by atoms with Gasteiger partial charge in [-0.05, 0) is 30.3 Å². The average molecular weight is 317 g/mol. The van der Waals surface area contributed by atoms with Gasteiger partial charge in [-0.2, -0.15) is 13.2 Å². The Morgan fingerprint density at radius 3 is 2.43 bits per heavy atom. The van der Waals surface area contributed by atoms with Gasteiger partial charge >= 0.3 is 12.1 Å². The second kappa shape index (κ2) is 5.65. The first kappa shape index (κ1) is 15.2. The van der Waals surface area contributed by atoms with Crippen LogP contribution in [0.15, 0.2) is 42.5 Å². The Kier molecular flexibility index (Phi) is 4.09. The monoisotopic (exact) mass is 316 g/mol. The number of rotatable bonds is 3. The first-order valence-corrected chi connectivity index (χ1v) is 6.04. The Bertz CT molecular complexity index is 683. The quantitative estimate of drug-likeness (QED) is 0.880. The maximum absolute atomic E-state index is 12.8. The number of ether oxygens (including phenoxy) is 1. The summed E-state index contributed by atoms with van der Waals surface area (Å²) in [4.78, 5) is 10.9. The fourth-order valence-corrected chi connectivity index (χ4v) is 1.85. The molecule has 110 valence electrons. The first-order valence-electron chi connectivity index (χ1n) is 5.66. The molecule has 3 nitrogen and oxygen atoms in total. The lowest BCUT2D eigenvalue weighted by Gasteiger charge is -2.13. The summed E-state index contributed by atoms with van der Waals surface area (Å²) in [5.74, 6) is -1.76. The molecule has 2 aromatic carbocycles. The molecule has 7 heteroatoms. The molecular weight excluding hydrogens is 309 g/mol. The highest BCUT2D eigenvalue weighted by molar-refractivity contribution is 6.33. The third-order valence-electron chi connectivity index (χ3n) is 2.59. The van der Waals surface area contributed by atoms with Gasteiger partial charge in [0.05, 0.1) is 16.1 Å². The molecule has 0 unspecified atom stereocenters. The number of carboxylic acids is 1. The van der Waals surface area contributed by atoms with Gasteiger partial charge in [0.2, 0.25) is 0 Å². The zero-order chi connectivity index (χ0) is 15.6. The van der Waals surface area contributed by atoms with Crippen LogP contribution >= 0.6 is 11.6 Å². The summed E-state index contributed by atoms with van der Waals surface area (Å²) in [6, 6.07) is 8.26. The largest absolute Gasteiger partial charge is 0.478 e. The number of alkyl halides is 3. The standard InChI is InChI=1S/C14H8ClF3O3/c15-11-6-5-8(7-9(11)13(19)20)21-12-4-2-1-3-10(12)14(16,17)18/h1-7H,(H,19,20). The van der Waals surface area contributed by atoms with E-state index in [0.717, 1.165) is 18.2 Å². The predicted molar refractivity (Wildman–Crippen MR) is 69.9 cm³/mol. The van der Waals surface area contributed by atoms with Crippen molar-refractivity contribution in [3.63, 3.8) is 0 Å². The minimum Gasteiger partial charge on any atom is -0.478 e. The lowest BCUT2D eigenvalue weighted by molar-refractivity contribution is -0.138. The minimum atomic E-state index is -4.57. The summed E-state index contributed by atoms with van der Waals surface area (Å²) in [6.45, 7) is 0. The lowest BCUT2D eigenvalue weighted by atomic mass is 10.2. The van der Waals surface area contributed by atoms with E-state index in [1.165, 1.54) is 24.3 Å². The number of carboxylic acid groups (broad SMARTS) is 1. The van der Waals surface area contributed by atoms with Crippen LogP contribution in [0.4, 0.5) is 13.2 Å². The Hall–Kier alpha value is -2.21. The van der Waals surface area contributed by atoms with Crippen molar-refractivity contribution < 1.29 is 27.8 Å². The number of carbonyl (C=O) groups is 1. The SMILES string of the molecule is O=C(O)c1cc(Oc2ccccc2C(F)(F)F)ccc1Cl. The van der Waals surface area contributed by atoms with E-state index in [-0.39, 0.29) is 16.3 Å². The van der Waals surface area contributed by atoms with Crippen LogP contribution in [0.25, 0.3) is 0 Å². The second-order valence-corrected chi connectivity index (χ2v) is 4.45. The molecule has 0 radical (unpaired) electrons. The number of para-hydroxylation sites is 1. The molecule has 0 aliphatic heterocycles. The van der Waals surface area contributed by atoms with Crippen LogP contribution in [0, 0.1) is 0 Å². The first-order chi connectivity index (χ1) is 9.79. The van der Waals surface area contributed by atoms with E-state index in [1.807, 2.05) is 0 Å². The van der Waals surface area contributed by atoms with Gasteiger partial charge in [0, 0.05) is 0 Å². The molecule has 0 bridgehead atoms. The summed E-state index contributed by atoms with van der Waals surface area (Å²) < 4.78 is 43.6. The zero-order valence-electron chi connectivity index (χ0n) is 10.3. The number of aromatic carboxylic acids is 1. The molecule has 1 N–H and O–H groups in total. The van der Waals surface area contributed by atoms with Gasteiger partial charge in [-0.25, -0.2) is 4.79 Å². The average Bonchev–Trinajstić information content (AvgIpc) is 2.40. The van der Waals surface area contributed by atoms with E-state index in [0.29, 0.717) is 0 Å². The fraction of sp³-hybridized carbons (Fsp3) is 0.0714. The number of halogens is 4. The van der Waals surface area contributed by atoms with Crippen molar-refractivity contribution in [1.82, 2.24) is 0 Å². The van der Waals surface area contributed by atoms with Crippen molar-refractivity contribution in [2.75, 3.05) is 0 Å². The highest BCUT2D eigenvalue weighted by Gasteiger charge is 2.34. The Morgan fingerprint density at radius 1 is 1.14 bits per heavy atom. The molecular formula is C14H8ClF3O3. The third kappa shape index (κ3) is 3.46. The van der Waals surface area contributed by atoms with Gasteiger partial charge in [0.1, 0.15) is 11.5 Å². The summed E-state index contributed by atoms with van der Waals surface area (Å²) in [5, 5.41) is 8.89. The van der Waals surface area contributed by atoms with Gasteiger partial charge in [-0.3, -0.25) is 0 Å². The van der Waals surface area contributed by atoms with Crippen molar-refractivity contribution in [1.29, 1.82) is 0 Å². The van der Waals surface area contributed by atoms with Gasteiger partial charge in [0.15, 0.2) is 0 Å². The van der Waals surface area contributed by atoms with E-state index < -0.39 is 23.5 Å². The molecule has 0 atom stereocenters. The molecule has 2 rings (SSSR count). The summed E-state index contributed by atoms with van der Waals surface area (Å²) >= 11 is 5.68. The van der Waals surface area contributed by atoms with Crippen LogP contribution in [-0.4, -0.2) is 11.1 Å². The molecule has 0 aliphatic rings. The summed E-state index contributed by atoms with van der Waals surface area (Å²) in [7, 11) is 0. The van der Waals surface area contributed by atoms with Gasteiger partial charge in [-0.1, -0.05) is 23.7 Å². The molecule has 0 aromatic heterocycles. The normalized spacial score (nSPS) is 11.2. The number of benzene rings is 2. The van der Waals surface area contributed by atoms with Crippen molar-refractivity contribution in [3.05, 3.63) is 58.6 Å². The zero-order valence-corrected chi connectivity index (χ0v) is 11.1. The maximum Gasteiger partial charge on any atom is 0.419 e. The molecule has 21 heavy (non-hydrogen) atoms. The highest BCUT2D eigenvalue weighted by atomic mass is 35.5. The van der Waals surface area contributed by atoms with E-state index in [2.05, 4.69) is 0 Å². The molecule has 0 heterocycles. The van der Waals surface area contributed by atoms with Crippen LogP contribution in [-0.2, 0) is 6.18 Å². The fourth-order valence-electron chi connectivity index (χ4n) is 1.65. The van der Waals surface area contributed by atoms with Gasteiger partial charge < -0.3 is 9.84 Å². The van der Waals surface area contributed by atoms with E-state index in [9.17, 15) is 18.0 Å². The van der Waals surface area contributed by atoms with Crippen LogP contribution in [0.2, 0.25) is 5.02 Å². The topological polar surface area (TPSA) is 46.5 Å². The molecule has 0 aliphatic carbocycles. The summed E-state index contributed by atoms with van der Waals surface area (Å²) in [5.41, 5.74) is -1.20. The maximum atomic E-state index is 12.8. The van der Waals surface area contributed by atoms with Crippen LogP contribution < -0.4 is 4.74 Å². The Balaban J connectivity index is 2.40. The van der Waals surface area contributed by atoms with Crippen LogP contribution in [0.1, 0.15) is 15.9 Å². The van der Waals surface area contributed by atoms with Gasteiger partial charge in [-0.15, -0.1) is 0 Å². The highest BCUT2D eigenvalue weighted by Crippen LogP contribution is 2.38. The van der Waals surface area contributed by atoms with Crippen LogP contribution in [0.3, 0.4) is 0 Å². The molecule has 0 saturated carbocycles. The van der Waals surface area contributed by atoms with Crippen LogP contribution in [0.5, 0.6) is 11.5 Å². The molecule has 0 saturated heterocycles. The van der Waals surface area contributed by atoms with Crippen molar-refractivity contribution >= 4 is 17.6 Å². The third-order valence-corrected chi connectivity index (χ3v) is 2.92. The Labute approximate surface area is 122 Å². The minimum absolute atomic E-state index is 0.0287. The lowest BCUT2D eigenvalue weighted by Crippen LogP contribution is -2.07. The van der Waals surface area contributed by atoms with Crippen molar-refractivity contribution in [2.24, 2.45) is 0 Å². The van der Waals surface area contributed by atoms with Crippen molar-refractivity contribution in [3.8, 4) is 11.5 Å². The van der Waals surface area contributed by atoms with E-state index in [4.69, 9.17) is 21.4 Å². The van der Waals surface area contributed by atoms with E-state index in [1.54, 1.807) is 0 Å². The molecule has 0 spiro atoms. The summed E-state index contributed by atoms with van der Waals surface area (Å²) in [6.07, 6.45) is -4.57. The predicted octanol–water partition coefficient (Wildman–Crippen LogP) is 4.85. The molecule has 2 aromatic rings. The van der Waals surface area contributed by atoms with E-state index >= 15 is 0 Å². The number of hydrogen-bond acceptors (Lipinski definition) is 2. The molecule has 0 fully saturated rings. The molecule has 0 amide bonds. The van der Waals surface area contributed by atoms with Gasteiger partial charge in [0.25, 0.3) is 0 Å². The van der Waals surface area contributed by atoms with Crippen molar-refractivity contribution in [2.45, 2.75) is 6.18 Å². The number of hydrogen-bond donors (Lipinski definition) is 1. The second-order valence-electron chi connectivity index (χ2n) is 4.04. The smallest absolute Gasteiger partial charge is 0.419 e.